The van der Waals surface area contributed by atoms with Crippen LogP contribution in [0.25, 0.3) is 0 Å². The smallest absolute Gasteiger partial charge is 0.255 e. The highest BCUT2D eigenvalue weighted by atomic mass is 16.5. The van der Waals surface area contributed by atoms with E-state index < -0.39 is 0 Å². The molecule has 2 aromatic rings. The number of anilines is 1. The molecule has 0 N–H and O–H groups in total. The summed E-state index contributed by atoms with van der Waals surface area (Å²) in [6.07, 6.45) is 8.37. The molecule has 0 spiro atoms. The average Bonchev–Trinajstić information content (AvgIpc) is 3.39. The molecule has 4 heterocycles. The van der Waals surface area contributed by atoms with Crippen molar-refractivity contribution in [1.82, 2.24) is 14.9 Å². The molecule has 4 rings (SSSR count). The largest absolute Gasteiger partial charge is 0.371 e. The number of ether oxygens (including phenoxy) is 1. The maximum atomic E-state index is 12.9. The number of likely N-dealkylation sites (N-methyl/N-ethyl adjacent to an activating group) is 1. The van der Waals surface area contributed by atoms with Crippen molar-refractivity contribution in [2.45, 2.75) is 31.4 Å². The Labute approximate surface area is 153 Å². The van der Waals surface area contributed by atoms with Gasteiger partial charge in [0.15, 0.2) is 0 Å². The quantitative estimate of drug-likeness (QED) is 0.847. The van der Waals surface area contributed by atoms with E-state index in [1.54, 1.807) is 17.3 Å². The molecule has 2 saturated heterocycles. The lowest BCUT2D eigenvalue weighted by atomic mass is 10.0. The standard InChI is InChI=1S/C20H24N4O2/c1-23(17-8-12-26-19(17)15-5-4-9-21-13-15)20(25)16-6-7-18(22-14-16)24-10-2-3-11-24/h4-7,9,13-14,17,19H,2-3,8,10-12H2,1H3/t17-,19+/m0/s1. The number of hydrogen-bond acceptors (Lipinski definition) is 5. The van der Waals surface area contributed by atoms with Crippen LogP contribution >= 0.6 is 0 Å². The van der Waals surface area contributed by atoms with Crippen LogP contribution < -0.4 is 4.90 Å². The van der Waals surface area contributed by atoms with Crippen molar-refractivity contribution in [3.63, 3.8) is 0 Å². The van der Waals surface area contributed by atoms with E-state index in [-0.39, 0.29) is 18.1 Å². The van der Waals surface area contributed by atoms with Crippen molar-refractivity contribution >= 4 is 11.7 Å². The Balaban J connectivity index is 1.48. The van der Waals surface area contributed by atoms with Gasteiger partial charge in [-0.15, -0.1) is 0 Å². The lowest BCUT2D eigenvalue weighted by Crippen LogP contribution is -2.39. The molecule has 0 aliphatic carbocycles. The molecule has 26 heavy (non-hydrogen) atoms. The van der Waals surface area contributed by atoms with Gasteiger partial charge in [0.05, 0.1) is 11.6 Å². The maximum Gasteiger partial charge on any atom is 0.255 e. The van der Waals surface area contributed by atoms with E-state index in [2.05, 4.69) is 14.9 Å². The molecule has 136 valence electrons. The lowest BCUT2D eigenvalue weighted by Gasteiger charge is -2.28. The number of aromatic nitrogens is 2. The Hall–Kier alpha value is -2.47. The van der Waals surface area contributed by atoms with Crippen LogP contribution in [0, 0.1) is 0 Å². The Bertz CT molecular complexity index is 744. The first-order valence-electron chi connectivity index (χ1n) is 9.24. The first-order valence-corrected chi connectivity index (χ1v) is 9.24. The number of carbonyl (C=O) groups excluding carboxylic acids is 1. The summed E-state index contributed by atoms with van der Waals surface area (Å²) in [5.41, 5.74) is 1.63. The van der Waals surface area contributed by atoms with E-state index in [1.165, 1.54) is 12.8 Å². The monoisotopic (exact) mass is 352 g/mol. The molecule has 2 aromatic heterocycles. The van der Waals surface area contributed by atoms with Gasteiger partial charge in [-0.3, -0.25) is 9.78 Å². The molecule has 1 amide bonds. The summed E-state index contributed by atoms with van der Waals surface area (Å²) in [7, 11) is 1.85. The number of amides is 1. The third-order valence-electron chi connectivity index (χ3n) is 5.32. The van der Waals surface area contributed by atoms with Gasteiger partial charge in [-0.05, 0) is 37.5 Å². The fraction of sp³-hybridized carbons (Fsp3) is 0.450. The van der Waals surface area contributed by atoms with Crippen molar-refractivity contribution in [2.24, 2.45) is 0 Å². The summed E-state index contributed by atoms with van der Waals surface area (Å²) in [5.74, 6) is 0.939. The predicted molar refractivity (Wildman–Crippen MR) is 99.1 cm³/mol. The molecule has 2 fully saturated rings. The zero-order chi connectivity index (χ0) is 17.9. The number of nitrogens with zero attached hydrogens (tertiary/aromatic N) is 4. The first kappa shape index (κ1) is 17.0. The fourth-order valence-electron chi connectivity index (χ4n) is 3.84. The highest BCUT2D eigenvalue weighted by Gasteiger charge is 2.35. The zero-order valence-electron chi connectivity index (χ0n) is 15.0. The first-order chi connectivity index (χ1) is 12.7. The van der Waals surface area contributed by atoms with Crippen molar-refractivity contribution in [3.05, 3.63) is 54.0 Å². The Morgan fingerprint density at radius 2 is 2.08 bits per heavy atom. The van der Waals surface area contributed by atoms with Crippen LogP contribution in [-0.2, 0) is 4.74 Å². The summed E-state index contributed by atoms with van der Waals surface area (Å²) >= 11 is 0. The minimum atomic E-state index is -0.130. The topological polar surface area (TPSA) is 58.6 Å². The zero-order valence-corrected chi connectivity index (χ0v) is 15.0. The SMILES string of the molecule is CN(C(=O)c1ccc(N2CCCC2)nc1)[C@H]1CCO[C@@H]1c1cccnc1. The fourth-order valence-corrected chi connectivity index (χ4v) is 3.84. The molecular formula is C20H24N4O2. The van der Waals surface area contributed by atoms with Crippen molar-refractivity contribution < 1.29 is 9.53 Å². The molecule has 2 aliphatic heterocycles. The molecule has 0 aromatic carbocycles. The van der Waals surface area contributed by atoms with Gasteiger partial charge in [-0.2, -0.15) is 0 Å². The van der Waals surface area contributed by atoms with Gasteiger partial charge in [0, 0.05) is 50.9 Å². The van der Waals surface area contributed by atoms with Crippen LogP contribution in [-0.4, -0.2) is 53.6 Å². The predicted octanol–water partition coefficient (Wildman–Crippen LogP) is 2.68. The van der Waals surface area contributed by atoms with Crippen LogP contribution in [0.4, 0.5) is 5.82 Å². The minimum Gasteiger partial charge on any atom is -0.371 e. The van der Waals surface area contributed by atoms with Crippen LogP contribution in [0.3, 0.4) is 0 Å². The molecular weight excluding hydrogens is 328 g/mol. The van der Waals surface area contributed by atoms with Gasteiger partial charge in [0.1, 0.15) is 11.9 Å². The summed E-state index contributed by atoms with van der Waals surface area (Å²) in [6.45, 7) is 2.74. The molecule has 0 unspecified atom stereocenters. The molecule has 2 aliphatic rings. The number of carbonyl (C=O) groups is 1. The summed E-state index contributed by atoms with van der Waals surface area (Å²) in [5, 5.41) is 0. The summed E-state index contributed by atoms with van der Waals surface area (Å²) in [4.78, 5) is 25.7. The Morgan fingerprint density at radius 1 is 1.23 bits per heavy atom. The van der Waals surface area contributed by atoms with Gasteiger partial charge in [0.2, 0.25) is 0 Å². The van der Waals surface area contributed by atoms with Gasteiger partial charge in [-0.25, -0.2) is 4.98 Å². The number of hydrogen-bond donors (Lipinski definition) is 0. The minimum absolute atomic E-state index is 0.00459. The molecule has 6 nitrogen and oxygen atoms in total. The Morgan fingerprint density at radius 3 is 2.77 bits per heavy atom. The van der Waals surface area contributed by atoms with Crippen LogP contribution in [0.2, 0.25) is 0 Å². The second kappa shape index (κ2) is 7.41. The maximum absolute atomic E-state index is 12.9. The van der Waals surface area contributed by atoms with E-state index in [0.29, 0.717) is 12.2 Å². The van der Waals surface area contributed by atoms with Crippen molar-refractivity contribution in [3.8, 4) is 0 Å². The lowest BCUT2D eigenvalue weighted by molar-refractivity contribution is 0.0514. The van der Waals surface area contributed by atoms with E-state index in [9.17, 15) is 4.79 Å². The van der Waals surface area contributed by atoms with Gasteiger partial charge >= 0.3 is 0 Å². The molecule has 6 heteroatoms. The van der Waals surface area contributed by atoms with E-state index in [1.807, 2.05) is 37.5 Å². The third kappa shape index (κ3) is 3.29. The average molecular weight is 352 g/mol. The number of rotatable bonds is 4. The van der Waals surface area contributed by atoms with Crippen LogP contribution in [0.1, 0.15) is 41.3 Å². The summed E-state index contributed by atoms with van der Waals surface area (Å²) in [6, 6.07) is 7.74. The number of pyridine rings is 2. The highest BCUT2D eigenvalue weighted by Crippen LogP contribution is 2.32. The second-order valence-corrected chi connectivity index (χ2v) is 6.95. The second-order valence-electron chi connectivity index (χ2n) is 6.95. The van der Waals surface area contributed by atoms with E-state index in [4.69, 9.17) is 4.74 Å². The third-order valence-corrected chi connectivity index (χ3v) is 5.32. The highest BCUT2D eigenvalue weighted by molar-refractivity contribution is 5.94. The van der Waals surface area contributed by atoms with Gasteiger partial charge in [-0.1, -0.05) is 6.07 Å². The molecule has 0 bridgehead atoms. The van der Waals surface area contributed by atoms with E-state index in [0.717, 1.165) is 30.9 Å². The van der Waals surface area contributed by atoms with Crippen LogP contribution in [0.5, 0.6) is 0 Å². The molecule has 0 radical (unpaired) electrons. The van der Waals surface area contributed by atoms with Gasteiger partial charge < -0.3 is 14.5 Å². The van der Waals surface area contributed by atoms with Gasteiger partial charge in [0.25, 0.3) is 5.91 Å². The Kier molecular flexibility index (Phi) is 4.84. The molecule has 2 atom stereocenters. The normalized spacial score (nSPS) is 22.6. The van der Waals surface area contributed by atoms with E-state index >= 15 is 0 Å². The van der Waals surface area contributed by atoms with Crippen molar-refractivity contribution in [2.75, 3.05) is 31.6 Å². The summed E-state index contributed by atoms with van der Waals surface area (Å²) < 4.78 is 5.89. The molecule has 0 saturated carbocycles. The van der Waals surface area contributed by atoms with Crippen molar-refractivity contribution in [1.29, 1.82) is 0 Å². The van der Waals surface area contributed by atoms with Crippen LogP contribution in [0.15, 0.2) is 42.9 Å².